The molecular weight excluding hydrogens is 234 g/mol. The normalized spacial score (nSPS) is 18.2. The molecule has 0 bridgehead atoms. The average Bonchev–Trinajstić information content (AvgIpc) is 2.24. The van der Waals surface area contributed by atoms with Crippen LogP contribution < -0.4 is 5.32 Å². The maximum atomic E-state index is 9.77. The van der Waals surface area contributed by atoms with Crippen molar-refractivity contribution in [2.45, 2.75) is 32.8 Å². The van der Waals surface area contributed by atoms with E-state index in [4.69, 9.17) is 12.2 Å². The lowest BCUT2D eigenvalue weighted by atomic mass is 10.1. The second-order valence-corrected chi connectivity index (χ2v) is 5.69. The Balaban J connectivity index is 2.28. The quantitative estimate of drug-likeness (QED) is 0.726. The summed E-state index contributed by atoms with van der Waals surface area (Å²) in [5.74, 6) is 0. The molecule has 0 atom stereocenters. The molecule has 0 spiro atoms. The van der Waals surface area contributed by atoms with Gasteiger partial charge in [0.2, 0.25) is 0 Å². The van der Waals surface area contributed by atoms with Crippen molar-refractivity contribution in [1.29, 1.82) is 0 Å². The second kappa shape index (κ2) is 6.52. The molecule has 1 fully saturated rings. The number of piperazine rings is 1. The fourth-order valence-electron chi connectivity index (χ4n) is 2.00. The maximum absolute atomic E-state index is 9.77. The van der Waals surface area contributed by atoms with E-state index >= 15 is 0 Å². The van der Waals surface area contributed by atoms with Gasteiger partial charge in [0, 0.05) is 39.3 Å². The molecule has 0 aromatic carbocycles. The third-order valence-corrected chi connectivity index (χ3v) is 3.20. The van der Waals surface area contributed by atoms with Crippen molar-refractivity contribution in [2.24, 2.45) is 0 Å². The van der Waals surface area contributed by atoms with E-state index in [1.54, 1.807) is 0 Å². The minimum Gasteiger partial charge on any atom is -0.389 e. The van der Waals surface area contributed by atoms with E-state index in [1.165, 1.54) is 0 Å². The Morgan fingerprint density at radius 1 is 1.29 bits per heavy atom. The van der Waals surface area contributed by atoms with Crippen molar-refractivity contribution < 1.29 is 5.11 Å². The Morgan fingerprint density at radius 3 is 2.35 bits per heavy atom. The van der Waals surface area contributed by atoms with Crippen LogP contribution in [0.1, 0.15) is 27.2 Å². The zero-order valence-corrected chi connectivity index (χ0v) is 12.0. The van der Waals surface area contributed by atoms with E-state index in [9.17, 15) is 5.11 Å². The summed E-state index contributed by atoms with van der Waals surface area (Å²) in [6, 6.07) is 0. The highest BCUT2D eigenvalue weighted by molar-refractivity contribution is 7.80. The van der Waals surface area contributed by atoms with Crippen molar-refractivity contribution >= 4 is 17.3 Å². The molecule has 0 amide bonds. The standard InChI is InChI=1S/C12H25N3OS/c1-4-5-13-11(17)15-8-6-14(7-9-15)10-12(2,3)16/h16H,4-10H2,1-3H3,(H,13,17). The molecule has 1 aliphatic rings. The first-order valence-corrected chi connectivity index (χ1v) is 6.80. The Kier molecular flexibility index (Phi) is 5.62. The molecule has 1 rings (SSSR count). The second-order valence-electron chi connectivity index (χ2n) is 5.31. The van der Waals surface area contributed by atoms with Gasteiger partial charge in [-0.15, -0.1) is 0 Å². The Morgan fingerprint density at radius 2 is 1.88 bits per heavy atom. The van der Waals surface area contributed by atoms with E-state index in [2.05, 4.69) is 22.0 Å². The van der Waals surface area contributed by atoms with E-state index in [-0.39, 0.29) is 0 Å². The minimum atomic E-state index is -0.608. The van der Waals surface area contributed by atoms with Crippen LogP contribution in [0.3, 0.4) is 0 Å². The molecule has 0 aromatic rings. The van der Waals surface area contributed by atoms with Crippen LogP contribution in [0, 0.1) is 0 Å². The lowest BCUT2D eigenvalue weighted by Crippen LogP contribution is -2.54. The van der Waals surface area contributed by atoms with E-state index < -0.39 is 5.60 Å². The van der Waals surface area contributed by atoms with Gasteiger partial charge < -0.3 is 15.3 Å². The SMILES string of the molecule is CCCNC(=S)N1CCN(CC(C)(C)O)CC1. The van der Waals surface area contributed by atoms with Gasteiger partial charge in [-0.05, 0) is 32.5 Å². The predicted molar refractivity (Wildman–Crippen MR) is 75.2 cm³/mol. The number of hydrogen-bond acceptors (Lipinski definition) is 3. The van der Waals surface area contributed by atoms with Gasteiger partial charge in [0.1, 0.15) is 0 Å². The summed E-state index contributed by atoms with van der Waals surface area (Å²) in [6.45, 7) is 11.4. The van der Waals surface area contributed by atoms with Crippen molar-refractivity contribution in [1.82, 2.24) is 15.1 Å². The Hall–Kier alpha value is -0.390. The predicted octanol–water partition coefficient (Wildman–Crippen LogP) is 0.659. The molecule has 1 heterocycles. The number of nitrogens with zero attached hydrogens (tertiary/aromatic N) is 2. The molecule has 17 heavy (non-hydrogen) atoms. The molecule has 4 nitrogen and oxygen atoms in total. The summed E-state index contributed by atoms with van der Waals surface area (Å²) in [7, 11) is 0. The van der Waals surface area contributed by atoms with Gasteiger partial charge in [-0.1, -0.05) is 6.92 Å². The summed E-state index contributed by atoms with van der Waals surface area (Å²) < 4.78 is 0. The van der Waals surface area contributed by atoms with Gasteiger partial charge in [-0.25, -0.2) is 0 Å². The van der Waals surface area contributed by atoms with Crippen LogP contribution in [-0.4, -0.2) is 64.9 Å². The average molecular weight is 259 g/mol. The smallest absolute Gasteiger partial charge is 0.169 e. The number of aliphatic hydroxyl groups is 1. The van der Waals surface area contributed by atoms with Crippen LogP contribution in [0.15, 0.2) is 0 Å². The molecule has 0 radical (unpaired) electrons. The molecule has 1 aliphatic heterocycles. The Bertz CT molecular complexity index is 245. The highest BCUT2D eigenvalue weighted by atomic mass is 32.1. The van der Waals surface area contributed by atoms with Crippen molar-refractivity contribution in [3.05, 3.63) is 0 Å². The highest BCUT2D eigenvalue weighted by Crippen LogP contribution is 2.08. The molecular formula is C12H25N3OS. The number of rotatable bonds is 4. The first kappa shape index (κ1) is 14.7. The van der Waals surface area contributed by atoms with Crippen LogP contribution in [-0.2, 0) is 0 Å². The fourth-order valence-corrected chi connectivity index (χ4v) is 2.28. The molecule has 0 aromatic heterocycles. The Labute approximate surface area is 110 Å². The van der Waals surface area contributed by atoms with Gasteiger partial charge in [-0.3, -0.25) is 4.90 Å². The van der Waals surface area contributed by atoms with E-state index in [1.807, 2.05) is 13.8 Å². The summed E-state index contributed by atoms with van der Waals surface area (Å²) in [6.07, 6.45) is 1.10. The highest BCUT2D eigenvalue weighted by Gasteiger charge is 2.23. The maximum Gasteiger partial charge on any atom is 0.169 e. The van der Waals surface area contributed by atoms with Crippen molar-refractivity contribution in [2.75, 3.05) is 39.3 Å². The van der Waals surface area contributed by atoms with Crippen molar-refractivity contribution in [3.8, 4) is 0 Å². The number of nitrogens with one attached hydrogen (secondary N) is 1. The minimum absolute atomic E-state index is 0.608. The lowest BCUT2D eigenvalue weighted by Gasteiger charge is -2.38. The number of thiocarbonyl (C=S) groups is 1. The van der Waals surface area contributed by atoms with Gasteiger partial charge in [0.05, 0.1) is 5.60 Å². The number of β-amino-alcohol motifs (C(OH)–C–C–N with tert-alkyl or cyclic N) is 1. The molecule has 0 aliphatic carbocycles. The topological polar surface area (TPSA) is 38.7 Å². The van der Waals surface area contributed by atoms with Gasteiger partial charge in [0.15, 0.2) is 5.11 Å². The third kappa shape index (κ3) is 5.66. The summed E-state index contributed by atoms with van der Waals surface area (Å²) in [5.41, 5.74) is -0.608. The fraction of sp³-hybridized carbons (Fsp3) is 0.917. The van der Waals surface area contributed by atoms with Crippen molar-refractivity contribution in [3.63, 3.8) is 0 Å². The van der Waals surface area contributed by atoms with Crippen LogP contribution in [0.5, 0.6) is 0 Å². The van der Waals surface area contributed by atoms with Gasteiger partial charge in [-0.2, -0.15) is 0 Å². The zero-order chi connectivity index (χ0) is 12.9. The lowest BCUT2D eigenvalue weighted by molar-refractivity contribution is 0.0251. The molecule has 100 valence electrons. The van der Waals surface area contributed by atoms with Gasteiger partial charge >= 0.3 is 0 Å². The van der Waals surface area contributed by atoms with E-state index in [0.717, 1.165) is 50.8 Å². The number of hydrogen-bond donors (Lipinski definition) is 2. The van der Waals surface area contributed by atoms with Crippen LogP contribution in [0.2, 0.25) is 0 Å². The molecule has 1 saturated heterocycles. The van der Waals surface area contributed by atoms with Crippen LogP contribution in [0.25, 0.3) is 0 Å². The summed E-state index contributed by atoms with van der Waals surface area (Å²) in [5, 5.41) is 13.9. The molecule has 0 unspecified atom stereocenters. The summed E-state index contributed by atoms with van der Waals surface area (Å²) in [4.78, 5) is 4.50. The van der Waals surface area contributed by atoms with Crippen LogP contribution >= 0.6 is 12.2 Å². The first-order valence-electron chi connectivity index (χ1n) is 6.40. The third-order valence-electron chi connectivity index (χ3n) is 2.80. The van der Waals surface area contributed by atoms with Gasteiger partial charge in [0.25, 0.3) is 0 Å². The monoisotopic (exact) mass is 259 g/mol. The summed E-state index contributed by atoms with van der Waals surface area (Å²) >= 11 is 5.33. The largest absolute Gasteiger partial charge is 0.389 e. The first-order chi connectivity index (χ1) is 7.92. The molecule has 5 heteroatoms. The zero-order valence-electron chi connectivity index (χ0n) is 11.2. The molecule has 2 N–H and O–H groups in total. The molecule has 0 saturated carbocycles. The van der Waals surface area contributed by atoms with Crippen LogP contribution in [0.4, 0.5) is 0 Å². The van der Waals surface area contributed by atoms with E-state index in [0.29, 0.717) is 0 Å².